The number of ether oxygens (including phenoxy) is 2. The number of amides is 1. The van der Waals surface area contributed by atoms with E-state index in [-0.39, 0.29) is 28.5 Å². The van der Waals surface area contributed by atoms with Crippen LogP contribution in [0.1, 0.15) is 19.8 Å². The van der Waals surface area contributed by atoms with Crippen molar-refractivity contribution < 1.29 is 23.9 Å². The van der Waals surface area contributed by atoms with E-state index in [1.807, 2.05) is 7.05 Å². The second-order valence-electron chi connectivity index (χ2n) is 4.43. The molecular weight excluding hydrogens is 391 g/mol. The number of nitrogens with one attached hydrogen (secondary N) is 2. The van der Waals surface area contributed by atoms with Crippen LogP contribution in [-0.4, -0.2) is 61.5 Å². The molecule has 0 aromatic carbocycles. The molecule has 8 heteroatoms. The highest BCUT2D eigenvalue weighted by atomic mass is 127. The minimum Gasteiger partial charge on any atom is -0.378 e. The summed E-state index contributed by atoms with van der Waals surface area (Å²) in [7, 11) is 1.83. The first-order valence-electron chi connectivity index (χ1n) is 6.75. The van der Waals surface area contributed by atoms with E-state index < -0.39 is 6.04 Å². The van der Waals surface area contributed by atoms with E-state index >= 15 is 0 Å². The Morgan fingerprint density at radius 1 is 1.14 bits per heavy atom. The van der Waals surface area contributed by atoms with Gasteiger partial charge in [0, 0.05) is 35.6 Å². The quantitative estimate of drug-likeness (QED) is 0.252. The van der Waals surface area contributed by atoms with Crippen LogP contribution in [0.25, 0.3) is 0 Å². The Balaban J connectivity index is 3.78. The predicted octanol–water partition coefficient (Wildman–Crippen LogP) is 0.0546. The molecule has 1 amide bonds. The topological polar surface area (TPSA) is 93.7 Å². The Morgan fingerprint density at radius 2 is 1.81 bits per heavy atom. The van der Waals surface area contributed by atoms with Crippen LogP contribution in [0.15, 0.2) is 0 Å². The van der Waals surface area contributed by atoms with Crippen molar-refractivity contribution >= 4 is 38.1 Å². The Morgan fingerprint density at radius 3 is 2.38 bits per heavy atom. The zero-order valence-electron chi connectivity index (χ0n) is 12.4. The summed E-state index contributed by atoms with van der Waals surface area (Å²) >= 11 is 1.62. The summed E-state index contributed by atoms with van der Waals surface area (Å²) in [5, 5.41) is 5.50. The van der Waals surface area contributed by atoms with Gasteiger partial charge in [0.25, 0.3) is 0 Å². The van der Waals surface area contributed by atoms with Crippen LogP contribution in [0.4, 0.5) is 0 Å². The van der Waals surface area contributed by atoms with Gasteiger partial charge in [-0.3, -0.25) is 9.59 Å². The molecule has 0 spiro atoms. The van der Waals surface area contributed by atoms with Crippen molar-refractivity contribution in [1.82, 2.24) is 10.6 Å². The lowest BCUT2D eigenvalue weighted by molar-refractivity contribution is -0.129. The van der Waals surface area contributed by atoms with E-state index in [0.29, 0.717) is 26.2 Å². The zero-order valence-corrected chi connectivity index (χ0v) is 14.6. The Kier molecular flexibility index (Phi) is 12.7. The molecule has 0 heterocycles. The highest BCUT2D eigenvalue weighted by Crippen LogP contribution is 2.04. The van der Waals surface area contributed by atoms with Gasteiger partial charge in [-0.05, 0) is 20.4 Å². The third kappa shape index (κ3) is 12.8. The van der Waals surface area contributed by atoms with Crippen molar-refractivity contribution in [3.63, 3.8) is 0 Å². The van der Waals surface area contributed by atoms with Crippen molar-refractivity contribution in [2.45, 2.75) is 25.8 Å². The van der Waals surface area contributed by atoms with Crippen LogP contribution in [0, 0.1) is 0 Å². The lowest BCUT2D eigenvalue weighted by Gasteiger charge is -2.14. The molecule has 0 aromatic rings. The van der Waals surface area contributed by atoms with Crippen LogP contribution in [-0.2, 0) is 23.9 Å². The number of likely N-dealkylation sites (N-methyl/N-ethyl adjacent to an activating group) is 1. The highest BCUT2D eigenvalue weighted by Gasteiger charge is 2.18. The van der Waals surface area contributed by atoms with Gasteiger partial charge in [0.2, 0.25) is 9.70 Å². The van der Waals surface area contributed by atoms with Crippen molar-refractivity contribution in [2.24, 2.45) is 0 Å². The number of carbonyl (C=O) groups is 3. The molecule has 0 saturated heterocycles. The third-order valence-corrected chi connectivity index (χ3v) is 3.25. The van der Waals surface area contributed by atoms with Crippen LogP contribution >= 0.6 is 22.6 Å². The molecule has 0 aromatic heterocycles. The zero-order chi connectivity index (χ0) is 16.1. The molecule has 0 aliphatic heterocycles. The van der Waals surface area contributed by atoms with Gasteiger partial charge < -0.3 is 24.9 Å². The predicted molar refractivity (Wildman–Crippen MR) is 86.4 cm³/mol. The largest absolute Gasteiger partial charge is 0.378 e. The SMILES string of the molecule is CNCCOCCOCC(=O)NC(CCC(C)=O)C(=O)I. The summed E-state index contributed by atoms with van der Waals surface area (Å²) in [6, 6.07) is -0.641. The maximum Gasteiger partial charge on any atom is 0.246 e. The Labute approximate surface area is 138 Å². The summed E-state index contributed by atoms with van der Waals surface area (Å²) in [4.78, 5) is 33.9. The fourth-order valence-corrected chi connectivity index (χ4v) is 1.85. The minimum atomic E-state index is -0.641. The third-order valence-electron chi connectivity index (χ3n) is 2.50. The molecule has 0 bridgehead atoms. The Bertz CT molecular complexity index is 339. The minimum absolute atomic E-state index is 0.0122. The maximum absolute atomic E-state index is 11.6. The first-order chi connectivity index (χ1) is 9.97. The van der Waals surface area contributed by atoms with Crippen molar-refractivity contribution in [3.8, 4) is 0 Å². The number of halogens is 1. The average molecular weight is 414 g/mol. The van der Waals surface area contributed by atoms with Crippen LogP contribution < -0.4 is 10.6 Å². The van der Waals surface area contributed by atoms with Gasteiger partial charge in [0.05, 0.1) is 25.9 Å². The van der Waals surface area contributed by atoms with Gasteiger partial charge in [0.1, 0.15) is 12.4 Å². The summed E-state index contributed by atoms with van der Waals surface area (Å²) in [6.45, 7) is 3.39. The van der Waals surface area contributed by atoms with Crippen molar-refractivity contribution in [2.75, 3.05) is 40.0 Å². The lowest BCUT2D eigenvalue weighted by atomic mass is 10.1. The molecule has 0 rings (SSSR count). The molecule has 122 valence electrons. The summed E-state index contributed by atoms with van der Waals surface area (Å²) in [5.74, 6) is -0.384. The lowest BCUT2D eigenvalue weighted by Crippen LogP contribution is -2.41. The number of ketones is 1. The van der Waals surface area contributed by atoms with Gasteiger partial charge in [-0.25, -0.2) is 0 Å². The molecule has 2 N–H and O–H groups in total. The second kappa shape index (κ2) is 13.1. The van der Waals surface area contributed by atoms with Crippen molar-refractivity contribution in [1.29, 1.82) is 0 Å². The van der Waals surface area contributed by atoms with E-state index in [2.05, 4.69) is 10.6 Å². The summed E-state index contributed by atoms with van der Waals surface area (Å²) < 4.78 is 10.2. The van der Waals surface area contributed by atoms with Gasteiger partial charge >= 0.3 is 0 Å². The smallest absolute Gasteiger partial charge is 0.246 e. The first-order valence-corrected chi connectivity index (χ1v) is 7.83. The van der Waals surface area contributed by atoms with E-state index in [0.717, 1.165) is 6.54 Å². The molecule has 7 nitrogen and oxygen atoms in total. The molecule has 0 saturated carbocycles. The van der Waals surface area contributed by atoms with Gasteiger partial charge in [-0.2, -0.15) is 0 Å². The average Bonchev–Trinajstić information content (AvgIpc) is 2.41. The van der Waals surface area contributed by atoms with E-state index in [4.69, 9.17) is 9.47 Å². The Hall–Kier alpha value is -0.580. The fraction of sp³-hybridized carbons (Fsp3) is 0.769. The normalized spacial score (nSPS) is 12.0. The maximum atomic E-state index is 11.6. The van der Waals surface area contributed by atoms with Gasteiger partial charge in [-0.1, -0.05) is 0 Å². The standard InChI is InChI=1S/C13H23IN2O5/c1-10(17)3-4-11(13(14)19)16-12(18)9-21-8-7-20-6-5-15-2/h11,15H,3-9H2,1-2H3,(H,16,18). The molecule has 1 atom stereocenters. The molecule has 0 aliphatic carbocycles. The molecule has 0 fully saturated rings. The van der Waals surface area contributed by atoms with Crippen molar-refractivity contribution in [3.05, 3.63) is 0 Å². The monoisotopic (exact) mass is 414 g/mol. The second-order valence-corrected chi connectivity index (χ2v) is 5.50. The van der Waals surface area contributed by atoms with E-state index in [9.17, 15) is 14.4 Å². The number of rotatable bonds is 13. The molecule has 0 aliphatic rings. The summed E-state index contributed by atoms with van der Waals surface area (Å²) in [6.07, 6.45) is 0.579. The molecular formula is C13H23IN2O5. The van der Waals surface area contributed by atoms with Gasteiger partial charge in [0.15, 0.2) is 0 Å². The summed E-state index contributed by atoms with van der Waals surface area (Å²) in [5.41, 5.74) is 0. The molecule has 21 heavy (non-hydrogen) atoms. The van der Waals surface area contributed by atoms with Crippen LogP contribution in [0.3, 0.4) is 0 Å². The number of Topliss-reactive ketones (excluding diaryl/α,β-unsaturated/α-hetero) is 1. The molecule has 1 unspecified atom stereocenters. The van der Waals surface area contributed by atoms with Crippen LogP contribution in [0.2, 0.25) is 0 Å². The van der Waals surface area contributed by atoms with E-state index in [1.165, 1.54) is 6.92 Å². The van der Waals surface area contributed by atoms with E-state index in [1.54, 1.807) is 22.6 Å². The van der Waals surface area contributed by atoms with Gasteiger partial charge in [-0.15, -0.1) is 0 Å². The van der Waals surface area contributed by atoms with Crippen LogP contribution in [0.5, 0.6) is 0 Å². The number of hydrogen-bond acceptors (Lipinski definition) is 6. The first kappa shape index (κ1) is 20.4. The number of hydrogen-bond donors (Lipinski definition) is 2. The molecule has 0 radical (unpaired) electrons. The highest BCUT2D eigenvalue weighted by molar-refractivity contribution is 14.1. The number of carbonyl (C=O) groups excluding carboxylic acids is 3. The fourth-order valence-electron chi connectivity index (χ4n) is 1.38.